The Labute approximate surface area is 147 Å². The van der Waals surface area contributed by atoms with Gasteiger partial charge in [-0.05, 0) is 37.1 Å². The second kappa shape index (κ2) is 7.25. The van der Waals surface area contributed by atoms with E-state index in [2.05, 4.69) is 5.32 Å². The van der Waals surface area contributed by atoms with E-state index in [4.69, 9.17) is 4.74 Å². The Morgan fingerprint density at radius 2 is 1.80 bits per heavy atom. The van der Waals surface area contributed by atoms with Crippen molar-refractivity contribution in [1.29, 1.82) is 0 Å². The van der Waals surface area contributed by atoms with Gasteiger partial charge in [-0.2, -0.15) is 4.31 Å². The summed E-state index contributed by atoms with van der Waals surface area (Å²) in [7, 11) is -3.41. The maximum atomic E-state index is 12.6. The first-order valence-corrected chi connectivity index (χ1v) is 9.89. The molecule has 7 heteroatoms. The van der Waals surface area contributed by atoms with Crippen molar-refractivity contribution in [2.24, 2.45) is 0 Å². The van der Waals surface area contributed by atoms with Gasteiger partial charge in [-0.15, -0.1) is 0 Å². The number of hydrogen-bond donors (Lipinski definition) is 1. The summed E-state index contributed by atoms with van der Waals surface area (Å²) in [6, 6.07) is 15.7. The molecule has 0 bridgehead atoms. The lowest BCUT2D eigenvalue weighted by atomic mass is 10.2. The molecule has 1 N–H and O–H groups in total. The van der Waals surface area contributed by atoms with Gasteiger partial charge in [0.25, 0.3) is 0 Å². The number of anilines is 1. The molecule has 3 rings (SSSR count). The van der Waals surface area contributed by atoms with Crippen LogP contribution >= 0.6 is 0 Å². The molecule has 132 valence electrons. The van der Waals surface area contributed by atoms with Gasteiger partial charge in [-0.25, -0.2) is 8.42 Å². The summed E-state index contributed by atoms with van der Waals surface area (Å²) in [5, 5.41) is 2.80. The fraction of sp³-hybridized carbons (Fsp3) is 0.278. The summed E-state index contributed by atoms with van der Waals surface area (Å²) >= 11 is 0. The fourth-order valence-electron chi connectivity index (χ4n) is 2.89. The monoisotopic (exact) mass is 360 g/mol. The predicted molar refractivity (Wildman–Crippen MR) is 96.2 cm³/mol. The zero-order valence-electron chi connectivity index (χ0n) is 13.9. The number of carbonyl (C=O) groups excluding carboxylic acids is 1. The van der Waals surface area contributed by atoms with Crippen molar-refractivity contribution in [3.05, 3.63) is 54.6 Å². The highest BCUT2D eigenvalue weighted by Crippen LogP contribution is 2.30. The number of sulfonamides is 1. The molecule has 1 saturated heterocycles. The molecule has 25 heavy (non-hydrogen) atoms. The van der Waals surface area contributed by atoms with Crippen LogP contribution in [0.5, 0.6) is 11.5 Å². The average Bonchev–Trinajstić information content (AvgIpc) is 3.08. The molecule has 2 aromatic rings. The number of benzene rings is 2. The molecule has 0 spiro atoms. The van der Waals surface area contributed by atoms with Crippen LogP contribution < -0.4 is 10.1 Å². The van der Waals surface area contributed by atoms with E-state index in [0.717, 1.165) is 6.26 Å². The predicted octanol–water partition coefficient (Wildman–Crippen LogP) is 2.84. The van der Waals surface area contributed by atoms with Crippen LogP contribution in [0.3, 0.4) is 0 Å². The smallest absolute Gasteiger partial charge is 0.242 e. The van der Waals surface area contributed by atoms with Gasteiger partial charge in [0.2, 0.25) is 15.9 Å². The summed E-state index contributed by atoms with van der Waals surface area (Å²) in [6.07, 6.45) is 2.32. The van der Waals surface area contributed by atoms with E-state index in [1.807, 2.05) is 36.4 Å². The number of carbonyl (C=O) groups is 1. The van der Waals surface area contributed by atoms with Crippen molar-refractivity contribution >= 4 is 21.6 Å². The van der Waals surface area contributed by atoms with Crippen molar-refractivity contribution in [3.63, 3.8) is 0 Å². The van der Waals surface area contributed by atoms with Crippen molar-refractivity contribution in [2.75, 3.05) is 18.1 Å². The normalized spacial score (nSPS) is 18.0. The zero-order valence-corrected chi connectivity index (χ0v) is 14.7. The highest BCUT2D eigenvalue weighted by atomic mass is 32.2. The highest BCUT2D eigenvalue weighted by Gasteiger charge is 2.36. The van der Waals surface area contributed by atoms with Crippen LogP contribution in [-0.2, 0) is 14.8 Å². The van der Waals surface area contributed by atoms with E-state index in [9.17, 15) is 13.2 Å². The molecule has 1 atom stereocenters. The third kappa shape index (κ3) is 4.18. The van der Waals surface area contributed by atoms with Crippen molar-refractivity contribution in [1.82, 2.24) is 4.31 Å². The second-order valence-corrected chi connectivity index (χ2v) is 7.87. The Morgan fingerprint density at radius 1 is 1.12 bits per heavy atom. The van der Waals surface area contributed by atoms with Crippen LogP contribution in [0.4, 0.5) is 5.69 Å². The quantitative estimate of drug-likeness (QED) is 0.890. The molecule has 1 aliphatic heterocycles. The maximum absolute atomic E-state index is 12.6. The molecule has 1 heterocycles. The summed E-state index contributed by atoms with van der Waals surface area (Å²) < 4.78 is 30.7. The third-order valence-corrected chi connectivity index (χ3v) is 5.34. The van der Waals surface area contributed by atoms with E-state index < -0.39 is 16.1 Å². The van der Waals surface area contributed by atoms with Crippen LogP contribution in [-0.4, -0.2) is 37.5 Å². The molecule has 1 amide bonds. The average molecular weight is 360 g/mol. The number of nitrogens with one attached hydrogen (secondary N) is 1. The topological polar surface area (TPSA) is 75.7 Å². The van der Waals surface area contributed by atoms with E-state index in [1.54, 1.807) is 18.2 Å². The third-order valence-electron chi connectivity index (χ3n) is 4.05. The Hall–Kier alpha value is -2.38. The number of amides is 1. The molecule has 0 aliphatic carbocycles. The Morgan fingerprint density at radius 3 is 2.52 bits per heavy atom. The maximum Gasteiger partial charge on any atom is 0.242 e. The van der Waals surface area contributed by atoms with Gasteiger partial charge < -0.3 is 10.1 Å². The summed E-state index contributed by atoms with van der Waals surface area (Å²) in [4.78, 5) is 12.6. The lowest BCUT2D eigenvalue weighted by molar-refractivity contribution is -0.119. The first-order chi connectivity index (χ1) is 11.9. The zero-order chi connectivity index (χ0) is 17.9. The standard InChI is InChI=1S/C18H20N2O4S/c1-25(22,23)20-13-7-11-16(20)18(21)19-15-10-5-6-12-17(15)24-14-8-3-2-4-9-14/h2-6,8-10,12,16H,7,11,13H2,1H3,(H,19,21)/t16-/m1/s1. The number of nitrogens with zero attached hydrogens (tertiary/aromatic N) is 1. The van der Waals surface area contributed by atoms with Gasteiger partial charge in [0.15, 0.2) is 5.75 Å². The number of ether oxygens (including phenoxy) is 1. The summed E-state index contributed by atoms with van der Waals surface area (Å²) in [6.45, 7) is 0.374. The van der Waals surface area contributed by atoms with E-state index >= 15 is 0 Å². The minimum Gasteiger partial charge on any atom is -0.455 e. The molecule has 1 aliphatic rings. The van der Waals surface area contributed by atoms with Gasteiger partial charge >= 0.3 is 0 Å². The molecule has 2 aromatic carbocycles. The largest absolute Gasteiger partial charge is 0.455 e. The highest BCUT2D eigenvalue weighted by molar-refractivity contribution is 7.88. The molecular weight excluding hydrogens is 340 g/mol. The molecule has 0 radical (unpaired) electrons. The molecule has 6 nitrogen and oxygen atoms in total. The molecular formula is C18H20N2O4S. The molecule has 1 fully saturated rings. The first-order valence-electron chi connectivity index (χ1n) is 8.05. The summed E-state index contributed by atoms with van der Waals surface area (Å²) in [5.41, 5.74) is 0.511. The lowest BCUT2D eigenvalue weighted by Gasteiger charge is -2.22. The van der Waals surface area contributed by atoms with Crippen LogP contribution in [0.15, 0.2) is 54.6 Å². The SMILES string of the molecule is CS(=O)(=O)N1CCC[C@@H]1C(=O)Nc1ccccc1Oc1ccccc1. The van der Waals surface area contributed by atoms with Gasteiger partial charge in [-0.1, -0.05) is 30.3 Å². The fourth-order valence-corrected chi connectivity index (χ4v) is 4.01. The Bertz CT molecular complexity index is 852. The van der Waals surface area contributed by atoms with Crippen LogP contribution in [0.1, 0.15) is 12.8 Å². The van der Waals surface area contributed by atoms with Crippen LogP contribution in [0.25, 0.3) is 0 Å². The van der Waals surface area contributed by atoms with Crippen molar-refractivity contribution < 1.29 is 17.9 Å². The number of para-hydroxylation sites is 3. The molecule has 0 unspecified atom stereocenters. The Balaban J connectivity index is 1.78. The van der Waals surface area contributed by atoms with E-state index in [0.29, 0.717) is 36.6 Å². The first kappa shape index (κ1) is 17.4. The second-order valence-electron chi connectivity index (χ2n) is 5.93. The number of hydrogen-bond acceptors (Lipinski definition) is 4. The number of rotatable bonds is 5. The molecule has 0 aromatic heterocycles. The van der Waals surface area contributed by atoms with Crippen LogP contribution in [0, 0.1) is 0 Å². The van der Waals surface area contributed by atoms with Gasteiger partial charge in [0.05, 0.1) is 11.9 Å². The van der Waals surface area contributed by atoms with Gasteiger partial charge in [0.1, 0.15) is 11.8 Å². The van der Waals surface area contributed by atoms with Gasteiger partial charge in [-0.3, -0.25) is 4.79 Å². The van der Waals surface area contributed by atoms with E-state index in [1.165, 1.54) is 4.31 Å². The van der Waals surface area contributed by atoms with Gasteiger partial charge in [0, 0.05) is 6.54 Å². The summed E-state index contributed by atoms with van der Waals surface area (Å²) in [5.74, 6) is 0.820. The minimum absolute atomic E-state index is 0.341. The van der Waals surface area contributed by atoms with E-state index in [-0.39, 0.29) is 5.91 Å². The van der Waals surface area contributed by atoms with Crippen molar-refractivity contribution in [2.45, 2.75) is 18.9 Å². The molecule has 0 saturated carbocycles. The minimum atomic E-state index is -3.41. The van der Waals surface area contributed by atoms with Crippen molar-refractivity contribution in [3.8, 4) is 11.5 Å². The Kier molecular flexibility index (Phi) is 5.06. The van der Waals surface area contributed by atoms with Crippen LogP contribution in [0.2, 0.25) is 0 Å². The lowest BCUT2D eigenvalue weighted by Crippen LogP contribution is -2.42.